The van der Waals surface area contributed by atoms with Crippen LogP contribution in [0.15, 0.2) is 18.2 Å². The number of benzene rings is 1. The van der Waals surface area contributed by atoms with Crippen LogP contribution in [0, 0.1) is 17.3 Å². The van der Waals surface area contributed by atoms with Crippen LogP contribution in [0.3, 0.4) is 0 Å². The third-order valence-corrected chi connectivity index (χ3v) is 4.66. The van der Waals surface area contributed by atoms with Gasteiger partial charge in [-0.1, -0.05) is 25.4 Å². The van der Waals surface area contributed by atoms with Crippen LogP contribution in [0.5, 0.6) is 0 Å². The molecule has 2 aliphatic rings. The highest BCUT2D eigenvalue weighted by molar-refractivity contribution is 6.31. The summed E-state index contributed by atoms with van der Waals surface area (Å²) in [6.07, 6.45) is -4.64. The number of rotatable bonds is 1. The molecule has 1 saturated carbocycles. The molecule has 2 amide bonds. The number of hydrazine groups is 1. The number of fused-ring (bicyclic) bond motifs is 1. The van der Waals surface area contributed by atoms with Gasteiger partial charge in [-0.3, -0.25) is 15.0 Å². The van der Waals surface area contributed by atoms with E-state index < -0.39 is 39.9 Å². The standard InChI is InChI=1S/C14H12ClF3N2O2/c1-13(2)9-10(13)12(22)20(19-11(9)21)6-3-4-8(15)7(5-6)14(16,17)18/h3-5,9-10H,1-2H3,(H,19,21). The summed E-state index contributed by atoms with van der Waals surface area (Å²) in [7, 11) is 0. The predicted molar refractivity (Wildman–Crippen MR) is 72.8 cm³/mol. The fourth-order valence-corrected chi connectivity index (χ4v) is 3.25. The van der Waals surface area contributed by atoms with E-state index in [1.807, 2.05) is 0 Å². The summed E-state index contributed by atoms with van der Waals surface area (Å²) < 4.78 is 38.7. The Morgan fingerprint density at radius 2 is 1.86 bits per heavy atom. The van der Waals surface area contributed by atoms with Crippen molar-refractivity contribution in [1.29, 1.82) is 0 Å². The van der Waals surface area contributed by atoms with Gasteiger partial charge in [-0.05, 0) is 23.6 Å². The molecule has 1 aromatic rings. The molecule has 2 fully saturated rings. The summed E-state index contributed by atoms with van der Waals surface area (Å²) in [5.41, 5.74) is 0.776. The molecule has 8 heteroatoms. The highest BCUT2D eigenvalue weighted by Gasteiger charge is 2.69. The maximum absolute atomic E-state index is 12.9. The second-order valence-electron chi connectivity index (χ2n) is 6.09. The molecular formula is C14H12ClF3N2O2. The van der Waals surface area contributed by atoms with Gasteiger partial charge in [-0.25, -0.2) is 5.01 Å². The first-order valence-electron chi connectivity index (χ1n) is 6.56. The molecule has 0 bridgehead atoms. The average Bonchev–Trinajstić information content (AvgIpc) is 2.97. The van der Waals surface area contributed by atoms with Gasteiger partial charge in [0.05, 0.1) is 28.1 Å². The van der Waals surface area contributed by atoms with Crippen molar-refractivity contribution >= 4 is 29.1 Å². The molecule has 1 aliphatic heterocycles. The molecule has 1 aromatic carbocycles. The summed E-state index contributed by atoms with van der Waals surface area (Å²) in [6, 6.07) is 3.09. The third kappa shape index (κ3) is 2.06. The maximum Gasteiger partial charge on any atom is 0.417 e. The van der Waals surface area contributed by atoms with Crippen molar-refractivity contribution in [2.45, 2.75) is 20.0 Å². The van der Waals surface area contributed by atoms with Gasteiger partial charge < -0.3 is 0 Å². The van der Waals surface area contributed by atoms with Gasteiger partial charge >= 0.3 is 6.18 Å². The highest BCUT2D eigenvalue weighted by atomic mass is 35.5. The molecule has 2 unspecified atom stereocenters. The molecule has 1 aliphatic carbocycles. The summed E-state index contributed by atoms with van der Waals surface area (Å²) in [5.74, 6) is -1.71. The van der Waals surface area contributed by atoms with Gasteiger partial charge in [0.2, 0.25) is 11.8 Å². The maximum atomic E-state index is 12.9. The zero-order valence-corrected chi connectivity index (χ0v) is 12.4. The van der Waals surface area contributed by atoms with Crippen LogP contribution in [-0.4, -0.2) is 11.8 Å². The zero-order chi connectivity index (χ0) is 16.4. The number of hydrogen-bond acceptors (Lipinski definition) is 2. The van der Waals surface area contributed by atoms with Crippen LogP contribution in [0.1, 0.15) is 19.4 Å². The van der Waals surface area contributed by atoms with Crippen LogP contribution in [0.2, 0.25) is 5.02 Å². The molecule has 4 nitrogen and oxygen atoms in total. The fraction of sp³-hybridized carbons (Fsp3) is 0.429. The Kier molecular flexibility index (Phi) is 3.01. The molecule has 1 heterocycles. The lowest BCUT2D eigenvalue weighted by molar-refractivity contribution is -0.137. The first-order valence-corrected chi connectivity index (χ1v) is 6.94. The van der Waals surface area contributed by atoms with E-state index in [1.165, 1.54) is 6.07 Å². The molecule has 0 radical (unpaired) electrons. The molecule has 0 aromatic heterocycles. The van der Waals surface area contributed by atoms with Crippen LogP contribution in [0.25, 0.3) is 0 Å². The van der Waals surface area contributed by atoms with E-state index in [0.29, 0.717) is 0 Å². The van der Waals surface area contributed by atoms with E-state index in [0.717, 1.165) is 17.1 Å². The van der Waals surface area contributed by atoms with Gasteiger partial charge in [0, 0.05) is 0 Å². The first-order chi connectivity index (χ1) is 10.0. The predicted octanol–water partition coefficient (Wildman–Crippen LogP) is 3.01. The molecule has 3 rings (SSSR count). The zero-order valence-electron chi connectivity index (χ0n) is 11.7. The normalized spacial score (nSPS) is 26.5. The summed E-state index contributed by atoms with van der Waals surface area (Å²) >= 11 is 5.56. The Labute approximate surface area is 129 Å². The lowest BCUT2D eigenvalue weighted by atomic mass is 10.1. The number of amides is 2. The quantitative estimate of drug-likeness (QED) is 0.859. The molecule has 1 N–H and O–H groups in total. The smallest absolute Gasteiger partial charge is 0.273 e. The minimum absolute atomic E-state index is 0.0591. The first kappa shape index (κ1) is 15.1. The van der Waals surface area contributed by atoms with E-state index >= 15 is 0 Å². The highest BCUT2D eigenvalue weighted by Crippen LogP contribution is 2.60. The Morgan fingerprint density at radius 1 is 1.23 bits per heavy atom. The second kappa shape index (κ2) is 4.38. The van der Waals surface area contributed by atoms with Crippen molar-refractivity contribution in [2.75, 3.05) is 5.01 Å². The van der Waals surface area contributed by atoms with Crippen molar-refractivity contribution in [3.63, 3.8) is 0 Å². The molecule has 22 heavy (non-hydrogen) atoms. The van der Waals surface area contributed by atoms with E-state index in [1.54, 1.807) is 13.8 Å². The van der Waals surface area contributed by atoms with Crippen LogP contribution in [0.4, 0.5) is 18.9 Å². The lowest BCUT2D eigenvalue weighted by Gasteiger charge is -2.27. The van der Waals surface area contributed by atoms with Crippen LogP contribution in [-0.2, 0) is 15.8 Å². The van der Waals surface area contributed by atoms with Crippen LogP contribution >= 0.6 is 11.6 Å². The van der Waals surface area contributed by atoms with Gasteiger partial charge in [0.15, 0.2) is 0 Å². The number of nitrogens with one attached hydrogen (secondary N) is 1. The van der Waals surface area contributed by atoms with Crippen molar-refractivity contribution in [2.24, 2.45) is 17.3 Å². The molecular weight excluding hydrogens is 321 g/mol. The van der Waals surface area contributed by atoms with Crippen molar-refractivity contribution in [3.05, 3.63) is 28.8 Å². The molecule has 1 saturated heterocycles. The van der Waals surface area contributed by atoms with Crippen LogP contribution < -0.4 is 10.4 Å². The lowest BCUT2D eigenvalue weighted by Crippen LogP contribution is -2.52. The number of alkyl halides is 3. The topological polar surface area (TPSA) is 49.4 Å². The number of carbonyl (C=O) groups is 2. The van der Waals surface area contributed by atoms with Crippen molar-refractivity contribution in [3.8, 4) is 0 Å². The van der Waals surface area contributed by atoms with E-state index in [4.69, 9.17) is 11.6 Å². The van der Waals surface area contributed by atoms with Gasteiger partial charge in [0.1, 0.15) is 0 Å². The SMILES string of the molecule is CC1(C)C2C(=O)NN(c3ccc(Cl)c(C(F)(F)F)c3)C(=O)C21. The monoisotopic (exact) mass is 332 g/mol. The average molecular weight is 333 g/mol. The van der Waals surface area contributed by atoms with Crippen molar-refractivity contribution < 1.29 is 22.8 Å². The Morgan fingerprint density at radius 3 is 2.45 bits per heavy atom. The number of carbonyl (C=O) groups excluding carboxylic acids is 2. The number of anilines is 1. The van der Waals surface area contributed by atoms with E-state index in [9.17, 15) is 22.8 Å². The van der Waals surface area contributed by atoms with E-state index in [-0.39, 0.29) is 11.6 Å². The largest absolute Gasteiger partial charge is 0.417 e. The van der Waals surface area contributed by atoms with Gasteiger partial charge in [-0.2, -0.15) is 13.2 Å². The third-order valence-electron chi connectivity index (χ3n) is 4.33. The fourth-order valence-electron chi connectivity index (χ4n) is 3.02. The second-order valence-corrected chi connectivity index (χ2v) is 6.50. The molecule has 2 atom stereocenters. The van der Waals surface area contributed by atoms with Gasteiger partial charge in [0.25, 0.3) is 0 Å². The Bertz CT molecular complexity index is 687. The number of halogens is 4. The summed E-state index contributed by atoms with van der Waals surface area (Å²) in [5, 5.41) is 0.417. The number of nitrogens with zero attached hydrogens (tertiary/aromatic N) is 1. The minimum atomic E-state index is -4.64. The van der Waals surface area contributed by atoms with Crippen molar-refractivity contribution in [1.82, 2.24) is 5.43 Å². The minimum Gasteiger partial charge on any atom is -0.273 e. The Balaban J connectivity index is 1.99. The van der Waals surface area contributed by atoms with E-state index in [2.05, 4.69) is 5.43 Å². The summed E-state index contributed by atoms with van der Waals surface area (Å²) in [4.78, 5) is 24.3. The molecule has 118 valence electrons. The van der Waals surface area contributed by atoms with Gasteiger partial charge in [-0.15, -0.1) is 0 Å². The Hall–Kier alpha value is -1.76. The summed E-state index contributed by atoms with van der Waals surface area (Å²) in [6.45, 7) is 3.57. The molecule has 0 spiro atoms. The number of hydrogen-bond donors (Lipinski definition) is 1.